The molecule has 0 saturated carbocycles. The Kier molecular flexibility index (Phi) is 7.45. The number of hydrogen-bond acceptors (Lipinski definition) is 6. The Balaban J connectivity index is 1.40. The van der Waals surface area contributed by atoms with Crippen molar-refractivity contribution in [3.63, 3.8) is 0 Å². The molecule has 0 amide bonds. The highest BCUT2D eigenvalue weighted by atomic mass is 79.9. The first-order valence-electron chi connectivity index (χ1n) is 11.9. The summed E-state index contributed by atoms with van der Waals surface area (Å²) < 4.78 is 0.880. The van der Waals surface area contributed by atoms with Crippen LogP contribution in [-0.2, 0) is 6.54 Å². The molecular weight excluding hydrogens is 544 g/mol. The van der Waals surface area contributed by atoms with E-state index in [1.807, 2.05) is 6.07 Å². The second-order valence-corrected chi connectivity index (χ2v) is 10.5. The number of anilines is 1. The molecule has 0 spiro atoms. The van der Waals surface area contributed by atoms with Gasteiger partial charge in [-0.05, 0) is 64.4 Å². The number of pyridine rings is 1. The van der Waals surface area contributed by atoms with Crippen molar-refractivity contribution in [1.29, 1.82) is 0 Å². The average Bonchev–Trinajstić information content (AvgIpc) is 3.28. The zero-order valence-corrected chi connectivity index (χ0v) is 22.2. The van der Waals surface area contributed by atoms with Gasteiger partial charge in [0.1, 0.15) is 16.9 Å². The van der Waals surface area contributed by atoms with Gasteiger partial charge in [-0.25, -0.2) is 4.98 Å². The highest BCUT2D eigenvalue weighted by Crippen LogP contribution is 2.30. The minimum atomic E-state index is -0.794. The Bertz CT molecular complexity index is 1430. The Morgan fingerprint density at radius 3 is 2.78 bits per heavy atom. The van der Waals surface area contributed by atoms with E-state index in [1.165, 1.54) is 5.56 Å². The average molecular weight is 572 g/mol. The fourth-order valence-electron chi connectivity index (χ4n) is 4.50. The number of hydrogen-bond donors (Lipinski definition) is 4. The van der Waals surface area contributed by atoms with E-state index in [0.29, 0.717) is 27.7 Å². The van der Waals surface area contributed by atoms with Gasteiger partial charge in [0.05, 0.1) is 17.3 Å². The number of likely N-dealkylation sites (N-methyl/N-ethyl adjacent to an activating group) is 1. The number of piperazine rings is 1. The lowest BCUT2D eigenvalue weighted by Crippen LogP contribution is -2.43. The second-order valence-electron chi connectivity index (χ2n) is 9.19. The Hall–Kier alpha value is -2.69. The largest absolute Gasteiger partial charge is 0.387 e. The lowest BCUT2D eigenvalue weighted by atomic mass is 10.1. The number of aromatic nitrogens is 3. The van der Waals surface area contributed by atoms with Crippen LogP contribution in [0.15, 0.2) is 57.9 Å². The Morgan fingerprint density at radius 1 is 1.19 bits per heavy atom. The molecule has 0 unspecified atom stereocenters. The van der Waals surface area contributed by atoms with Gasteiger partial charge < -0.3 is 25.3 Å². The van der Waals surface area contributed by atoms with Crippen molar-refractivity contribution >= 4 is 44.3 Å². The molecule has 0 radical (unpaired) electrons. The standard InChI is InChI=1S/C26H28BrClN6O2/c1-33-7-9-34(10-8-33)15-16-11-19(27)24-21(12-16)31-25(32-24)23-20(5-6-29-26(23)36)30-14-22(35)17-3-2-4-18(28)13-17/h2-6,11-13,22,35H,7-10,14-15H2,1H3,(H,31,32)(H2,29,30,36)/t22-/m1/s1. The highest BCUT2D eigenvalue weighted by Gasteiger charge is 2.19. The van der Waals surface area contributed by atoms with Gasteiger partial charge in [0.25, 0.3) is 5.56 Å². The smallest absolute Gasteiger partial charge is 0.261 e. The molecule has 4 aromatic rings. The van der Waals surface area contributed by atoms with Crippen LogP contribution in [-0.4, -0.2) is 69.6 Å². The third-order valence-corrected chi connectivity index (χ3v) is 7.36. The van der Waals surface area contributed by atoms with E-state index in [4.69, 9.17) is 16.6 Å². The van der Waals surface area contributed by atoms with E-state index >= 15 is 0 Å². The minimum Gasteiger partial charge on any atom is -0.387 e. The fraction of sp³-hybridized carbons (Fsp3) is 0.308. The van der Waals surface area contributed by atoms with Crippen molar-refractivity contribution < 1.29 is 5.11 Å². The maximum Gasteiger partial charge on any atom is 0.261 e. The summed E-state index contributed by atoms with van der Waals surface area (Å²) in [7, 11) is 2.15. The molecule has 4 N–H and O–H groups in total. The maximum atomic E-state index is 12.9. The number of halogens is 2. The number of fused-ring (bicyclic) bond motifs is 1. The third kappa shape index (κ3) is 5.50. The Labute approximate surface area is 222 Å². The van der Waals surface area contributed by atoms with Gasteiger partial charge in [-0.15, -0.1) is 0 Å². The molecule has 1 aliphatic heterocycles. The first kappa shape index (κ1) is 25.0. The molecule has 0 bridgehead atoms. The predicted octanol–water partition coefficient (Wildman–Crippen LogP) is 4.23. The van der Waals surface area contributed by atoms with E-state index in [2.05, 4.69) is 60.2 Å². The molecule has 1 aliphatic rings. The van der Waals surface area contributed by atoms with E-state index in [9.17, 15) is 9.90 Å². The number of benzene rings is 2. The maximum absolute atomic E-state index is 12.9. The summed E-state index contributed by atoms with van der Waals surface area (Å²) in [6.07, 6.45) is 0.782. The van der Waals surface area contributed by atoms with Crippen LogP contribution >= 0.6 is 27.5 Å². The summed E-state index contributed by atoms with van der Waals surface area (Å²) in [5, 5.41) is 14.4. The van der Waals surface area contributed by atoms with Crippen molar-refractivity contribution in [1.82, 2.24) is 24.8 Å². The molecule has 8 nitrogen and oxygen atoms in total. The van der Waals surface area contributed by atoms with Gasteiger partial charge in [0.15, 0.2) is 0 Å². The van der Waals surface area contributed by atoms with Crippen LogP contribution in [0.5, 0.6) is 0 Å². The van der Waals surface area contributed by atoms with Gasteiger partial charge in [-0.3, -0.25) is 9.69 Å². The SMILES string of the molecule is CN1CCN(Cc2cc(Br)c3nc(-c4c(NC[C@@H](O)c5cccc(Cl)c5)cc[nH]c4=O)[nH]c3c2)CC1. The number of nitrogens with one attached hydrogen (secondary N) is 3. The van der Waals surface area contributed by atoms with Crippen LogP contribution in [0.4, 0.5) is 5.69 Å². The number of H-pyrrole nitrogens is 2. The first-order chi connectivity index (χ1) is 17.4. The van der Waals surface area contributed by atoms with E-state index in [0.717, 1.165) is 48.2 Å². The van der Waals surface area contributed by atoms with Crippen LogP contribution in [0, 0.1) is 0 Å². The summed E-state index contributed by atoms with van der Waals surface area (Å²) in [5.74, 6) is 0.462. The van der Waals surface area contributed by atoms with Crippen LogP contribution in [0.2, 0.25) is 5.02 Å². The van der Waals surface area contributed by atoms with Gasteiger partial charge in [-0.2, -0.15) is 0 Å². The monoisotopic (exact) mass is 570 g/mol. The summed E-state index contributed by atoms with van der Waals surface area (Å²) in [6, 6.07) is 13.1. The summed E-state index contributed by atoms with van der Waals surface area (Å²) in [6.45, 7) is 5.27. The zero-order valence-electron chi connectivity index (χ0n) is 19.9. The lowest BCUT2D eigenvalue weighted by molar-refractivity contribution is 0.148. The quantitative estimate of drug-likeness (QED) is 0.265. The third-order valence-electron chi connectivity index (χ3n) is 6.52. The van der Waals surface area contributed by atoms with Crippen molar-refractivity contribution in [2.45, 2.75) is 12.6 Å². The molecule has 2 aromatic heterocycles. The number of nitrogens with zero attached hydrogens (tertiary/aromatic N) is 3. The molecule has 10 heteroatoms. The van der Waals surface area contributed by atoms with Gasteiger partial charge in [0, 0.05) is 55.0 Å². The summed E-state index contributed by atoms with van der Waals surface area (Å²) >= 11 is 9.73. The van der Waals surface area contributed by atoms with Crippen LogP contribution in [0.1, 0.15) is 17.2 Å². The molecular formula is C26H28BrClN6O2. The topological polar surface area (TPSA) is 100 Å². The Morgan fingerprint density at radius 2 is 2.00 bits per heavy atom. The van der Waals surface area contributed by atoms with E-state index < -0.39 is 6.10 Å². The summed E-state index contributed by atoms with van der Waals surface area (Å²) in [5.41, 5.74) is 4.19. The molecule has 5 rings (SSSR count). The van der Waals surface area contributed by atoms with Crippen LogP contribution in [0.25, 0.3) is 22.4 Å². The molecule has 1 atom stereocenters. The molecule has 188 valence electrons. The number of aromatic amines is 2. The van der Waals surface area contributed by atoms with Crippen LogP contribution in [0.3, 0.4) is 0 Å². The number of aliphatic hydroxyl groups is 1. The van der Waals surface area contributed by atoms with E-state index in [1.54, 1.807) is 30.5 Å². The number of aliphatic hydroxyl groups excluding tert-OH is 1. The normalized spacial score (nSPS) is 15.9. The predicted molar refractivity (Wildman–Crippen MR) is 148 cm³/mol. The minimum absolute atomic E-state index is 0.204. The second kappa shape index (κ2) is 10.7. The molecule has 0 aliphatic carbocycles. The van der Waals surface area contributed by atoms with Gasteiger partial charge in [-0.1, -0.05) is 23.7 Å². The summed E-state index contributed by atoms with van der Waals surface area (Å²) in [4.78, 5) is 28.5. The first-order valence-corrected chi connectivity index (χ1v) is 13.0. The number of imidazole rings is 1. The van der Waals surface area contributed by atoms with Gasteiger partial charge in [0.2, 0.25) is 0 Å². The van der Waals surface area contributed by atoms with Crippen molar-refractivity contribution in [3.05, 3.63) is 79.6 Å². The van der Waals surface area contributed by atoms with Crippen LogP contribution < -0.4 is 10.9 Å². The fourth-order valence-corrected chi connectivity index (χ4v) is 5.30. The van der Waals surface area contributed by atoms with Crippen molar-refractivity contribution in [2.75, 3.05) is 45.1 Å². The molecule has 2 aromatic carbocycles. The van der Waals surface area contributed by atoms with E-state index in [-0.39, 0.29) is 12.1 Å². The lowest BCUT2D eigenvalue weighted by Gasteiger charge is -2.32. The highest BCUT2D eigenvalue weighted by molar-refractivity contribution is 9.10. The van der Waals surface area contributed by atoms with Gasteiger partial charge >= 0.3 is 0 Å². The van der Waals surface area contributed by atoms with Crippen molar-refractivity contribution in [3.8, 4) is 11.4 Å². The molecule has 1 fully saturated rings. The molecule has 1 saturated heterocycles. The number of rotatable bonds is 7. The van der Waals surface area contributed by atoms with Crippen molar-refractivity contribution in [2.24, 2.45) is 0 Å². The zero-order chi connectivity index (χ0) is 25.2. The molecule has 3 heterocycles. The molecule has 36 heavy (non-hydrogen) atoms.